The summed E-state index contributed by atoms with van der Waals surface area (Å²) < 4.78 is 1.08. The van der Waals surface area contributed by atoms with E-state index in [0.717, 1.165) is 27.0 Å². The molecule has 0 aromatic heterocycles. The summed E-state index contributed by atoms with van der Waals surface area (Å²) in [6.45, 7) is 0. The molecule has 0 aliphatic heterocycles. The highest BCUT2D eigenvalue weighted by Gasteiger charge is 2.11. The molecule has 0 nitrogen and oxygen atoms in total. The van der Waals surface area contributed by atoms with Gasteiger partial charge in [0, 0.05) is 9.50 Å². The highest BCUT2D eigenvalue weighted by Crippen LogP contribution is 2.30. The van der Waals surface area contributed by atoms with E-state index in [1.165, 1.54) is 10.8 Å². The maximum absolute atomic E-state index is 6.58. The molecule has 0 aliphatic carbocycles. The van der Waals surface area contributed by atoms with Crippen molar-refractivity contribution in [2.75, 3.05) is 0 Å². The van der Waals surface area contributed by atoms with Gasteiger partial charge in [-0.05, 0) is 52.6 Å². The van der Waals surface area contributed by atoms with Crippen LogP contribution in [0.5, 0.6) is 0 Å². The molecule has 0 N–H and O–H groups in total. The lowest BCUT2D eigenvalue weighted by atomic mass is 10.0. The first kappa shape index (κ1) is 14.9. The van der Waals surface area contributed by atoms with Crippen molar-refractivity contribution in [3.05, 3.63) is 81.3 Å². The zero-order valence-electron chi connectivity index (χ0n) is 11.2. The van der Waals surface area contributed by atoms with Crippen molar-refractivity contribution >= 4 is 49.9 Å². The van der Waals surface area contributed by atoms with E-state index in [9.17, 15) is 0 Å². The van der Waals surface area contributed by atoms with Crippen molar-refractivity contribution in [3.8, 4) is 0 Å². The molecule has 0 radical (unpaired) electrons. The van der Waals surface area contributed by atoms with Crippen LogP contribution in [0.4, 0.5) is 0 Å². The SMILES string of the molecule is Clc1ccccc1CC(Cl)c1ccc2cc(Br)ccc2c1. The van der Waals surface area contributed by atoms with Crippen LogP contribution in [-0.2, 0) is 6.42 Å². The number of rotatable bonds is 3. The van der Waals surface area contributed by atoms with Crippen molar-refractivity contribution in [1.29, 1.82) is 0 Å². The molecule has 106 valence electrons. The van der Waals surface area contributed by atoms with Crippen LogP contribution >= 0.6 is 39.1 Å². The van der Waals surface area contributed by atoms with Crippen molar-refractivity contribution < 1.29 is 0 Å². The Kier molecular flexibility index (Phi) is 4.54. The molecule has 0 saturated carbocycles. The predicted octanol–water partition coefficient (Wildman–Crippen LogP) is 6.78. The quantitative estimate of drug-likeness (QED) is 0.440. The third-order valence-corrected chi connectivity index (χ3v) is 4.81. The standard InChI is InChI=1S/C18H13BrCl2/c19-16-8-7-12-9-15(6-5-13(12)10-16)18(21)11-14-3-1-2-4-17(14)20/h1-10,18H,11H2. The van der Waals surface area contributed by atoms with E-state index in [1.807, 2.05) is 30.3 Å². The van der Waals surface area contributed by atoms with Crippen LogP contribution in [0.1, 0.15) is 16.5 Å². The summed E-state index contributed by atoms with van der Waals surface area (Å²) >= 11 is 16.3. The number of halogens is 3. The average molecular weight is 380 g/mol. The van der Waals surface area contributed by atoms with Gasteiger partial charge in [0.25, 0.3) is 0 Å². The molecule has 0 saturated heterocycles. The lowest BCUT2D eigenvalue weighted by Crippen LogP contribution is -1.96. The van der Waals surface area contributed by atoms with Crippen molar-refractivity contribution in [2.45, 2.75) is 11.8 Å². The van der Waals surface area contributed by atoms with Crippen LogP contribution in [0, 0.1) is 0 Å². The minimum atomic E-state index is -0.0852. The largest absolute Gasteiger partial charge is 0.117 e. The van der Waals surface area contributed by atoms with Gasteiger partial charge in [-0.2, -0.15) is 0 Å². The molecule has 0 aliphatic rings. The Bertz CT molecular complexity index is 783. The number of alkyl halides is 1. The van der Waals surface area contributed by atoms with Gasteiger partial charge >= 0.3 is 0 Å². The minimum Gasteiger partial charge on any atom is -0.117 e. The Balaban J connectivity index is 1.89. The molecule has 0 amide bonds. The first-order valence-corrected chi connectivity index (χ1v) is 8.31. The van der Waals surface area contributed by atoms with E-state index in [0.29, 0.717) is 0 Å². The van der Waals surface area contributed by atoms with E-state index in [2.05, 4.69) is 46.3 Å². The van der Waals surface area contributed by atoms with Crippen LogP contribution in [0.3, 0.4) is 0 Å². The van der Waals surface area contributed by atoms with Crippen LogP contribution in [0.2, 0.25) is 5.02 Å². The summed E-state index contributed by atoms with van der Waals surface area (Å²) in [7, 11) is 0. The van der Waals surface area contributed by atoms with Gasteiger partial charge in [0.2, 0.25) is 0 Å². The Labute approximate surface area is 142 Å². The van der Waals surface area contributed by atoms with Gasteiger partial charge in [-0.3, -0.25) is 0 Å². The van der Waals surface area contributed by atoms with Gasteiger partial charge in [-0.15, -0.1) is 11.6 Å². The summed E-state index contributed by atoms with van der Waals surface area (Å²) in [6, 6.07) is 20.4. The predicted molar refractivity (Wildman–Crippen MR) is 95.4 cm³/mol. The summed E-state index contributed by atoms with van der Waals surface area (Å²) in [5.74, 6) is 0. The molecule has 21 heavy (non-hydrogen) atoms. The van der Waals surface area contributed by atoms with Crippen molar-refractivity contribution in [1.82, 2.24) is 0 Å². The highest BCUT2D eigenvalue weighted by molar-refractivity contribution is 9.10. The fraction of sp³-hybridized carbons (Fsp3) is 0.111. The maximum Gasteiger partial charge on any atom is 0.0626 e. The molecular weight excluding hydrogens is 367 g/mol. The van der Waals surface area contributed by atoms with Gasteiger partial charge < -0.3 is 0 Å². The monoisotopic (exact) mass is 378 g/mol. The number of benzene rings is 3. The molecular formula is C18H13BrCl2. The normalized spacial score (nSPS) is 12.5. The molecule has 3 aromatic rings. The first-order valence-electron chi connectivity index (χ1n) is 6.70. The first-order chi connectivity index (χ1) is 10.1. The zero-order valence-corrected chi connectivity index (χ0v) is 14.3. The highest BCUT2D eigenvalue weighted by atomic mass is 79.9. The lowest BCUT2D eigenvalue weighted by Gasteiger charge is -2.12. The van der Waals surface area contributed by atoms with Gasteiger partial charge in [0.15, 0.2) is 0 Å². The van der Waals surface area contributed by atoms with Gasteiger partial charge in [-0.1, -0.05) is 63.9 Å². The van der Waals surface area contributed by atoms with Crippen LogP contribution in [-0.4, -0.2) is 0 Å². The van der Waals surface area contributed by atoms with Crippen molar-refractivity contribution in [3.63, 3.8) is 0 Å². The molecule has 3 heteroatoms. The molecule has 0 fully saturated rings. The minimum absolute atomic E-state index is 0.0852. The summed E-state index contributed by atoms with van der Waals surface area (Å²) in [5.41, 5.74) is 2.20. The fourth-order valence-electron chi connectivity index (χ4n) is 2.40. The second-order valence-electron chi connectivity index (χ2n) is 5.01. The summed E-state index contributed by atoms with van der Waals surface area (Å²) in [4.78, 5) is 0. The van der Waals surface area contributed by atoms with E-state index in [-0.39, 0.29) is 5.38 Å². The third-order valence-electron chi connectivity index (χ3n) is 3.55. The van der Waals surface area contributed by atoms with Crippen LogP contribution < -0.4 is 0 Å². The van der Waals surface area contributed by atoms with E-state index < -0.39 is 0 Å². The molecule has 3 aromatic carbocycles. The molecule has 0 heterocycles. The smallest absolute Gasteiger partial charge is 0.0626 e. The van der Waals surface area contributed by atoms with E-state index in [1.54, 1.807) is 0 Å². The molecule has 0 bridgehead atoms. The topological polar surface area (TPSA) is 0 Å². The summed E-state index contributed by atoms with van der Waals surface area (Å²) in [6.07, 6.45) is 0.725. The van der Waals surface area contributed by atoms with Crippen LogP contribution in [0.15, 0.2) is 65.1 Å². The fourth-order valence-corrected chi connectivity index (χ4v) is 3.30. The lowest BCUT2D eigenvalue weighted by molar-refractivity contribution is 0.922. The Morgan fingerprint density at radius 2 is 1.62 bits per heavy atom. The number of hydrogen-bond acceptors (Lipinski definition) is 0. The van der Waals surface area contributed by atoms with E-state index >= 15 is 0 Å². The Hall–Kier alpha value is -1.02. The zero-order chi connectivity index (χ0) is 14.8. The summed E-state index contributed by atoms with van der Waals surface area (Å²) in [5, 5.41) is 3.08. The number of fused-ring (bicyclic) bond motifs is 1. The third kappa shape index (κ3) is 3.42. The molecule has 1 unspecified atom stereocenters. The van der Waals surface area contributed by atoms with Gasteiger partial charge in [0.05, 0.1) is 5.38 Å². The van der Waals surface area contributed by atoms with Crippen LogP contribution in [0.25, 0.3) is 10.8 Å². The molecule has 0 spiro atoms. The van der Waals surface area contributed by atoms with E-state index in [4.69, 9.17) is 23.2 Å². The van der Waals surface area contributed by atoms with Gasteiger partial charge in [-0.25, -0.2) is 0 Å². The number of hydrogen-bond donors (Lipinski definition) is 0. The Morgan fingerprint density at radius 1 is 0.905 bits per heavy atom. The van der Waals surface area contributed by atoms with Gasteiger partial charge in [0.1, 0.15) is 0 Å². The van der Waals surface area contributed by atoms with Crippen molar-refractivity contribution in [2.24, 2.45) is 0 Å². The average Bonchev–Trinajstić information content (AvgIpc) is 2.49. The molecule has 1 atom stereocenters. The molecule has 3 rings (SSSR count). The maximum atomic E-state index is 6.58. The Morgan fingerprint density at radius 3 is 2.43 bits per heavy atom. The second kappa shape index (κ2) is 6.39. The second-order valence-corrected chi connectivity index (χ2v) is 6.86.